The van der Waals surface area contributed by atoms with Crippen LogP contribution in [0, 0.1) is 0 Å². The lowest BCUT2D eigenvalue weighted by Crippen LogP contribution is -2.48. The van der Waals surface area contributed by atoms with Crippen molar-refractivity contribution in [2.45, 2.75) is 24.9 Å². The molecule has 2 heterocycles. The van der Waals surface area contributed by atoms with Crippen molar-refractivity contribution in [3.8, 4) is 0 Å². The number of rotatable bonds is 2. The zero-order valence-corrected chi connectivity index (χ0v) is 8.80. The van der Waals surface area contributed by atoms with Crippen molar-refractivity contribution >= 4 is 6.03 Å². The summed E-state index contributed by atoms with van der Waals surface area (Å²) < 4.78 is 18.9. The van der Waals surface area contributed by atoms with Gasteiger partial charge in [0.25, 0.3) is 0 Å². The Kier molecular flexibility index (Phi) is 3.40. The van der Waals surface area contributed by atoms with Gasteiger partial charge >= 0.3 is 6.03 Å². The zero-order valence-electron chi connectivity index (χ0n) is 8.80. The predicted molar refractivity (Wildman–Crippen MR) is 54.5 cm³/mol. The van der Waals surface area contributed by atoms with Gasteiger partial charge in [-0.1, -0.05) is 12.2 Å². The van der Waals surface area contributed by atoms with Crippen molar-refractivity contribution in [3.63, 3.8) is 0 Å². The molecule has 0 saturated carbocycles. The van der Waals surface area contributed by atoms with Gasteiger partial charge in [0.15, 0.2) is 6.23 Å². The Morgan fingerprint density at radius 1 is 1.62 bits per heavy atom. The molecule has 0 aromatic heterocycles. The average molecular weight is 230 g/mol. The van der Waals surface area contributed by atoms with Crippen LogP contribution in [-0.2, 0) is 4.74 Å². The molecule has 0 bridgehead atoms. The Labute approximate surface area is 92.9 Å². The minimum atomic E-state index is -1.24. The molecule has 0 spiro atoms. The van der Waals surface area contributed by atoms with Crippen molar-refractivity contribution in [2.24, 2.45) is 0 Å². The first-order valence-corrected chi connectivity index (χ1v) is 5.32. The summed E-state index contributed by atoms with van der Waals surface area (Å²) in [4.78, 5) is 12.9. The van der Waals surface area contributed by atoms with Gasteiger partial charge in [-0.05, 0) is 0 Å². The molecule has 2 rings (SSSR count). The van der Waals surface area contributed by atoms with Gasteiger partial charge in [0.1, 0.15) is 6.17 Å². The molecule has 5 nitrogen and oxygen atoms in total. The Bertz CT molecular complexity index is 298. The molecule has 0 radical (unpaired) electrons. The lowest BCUT2D eigenvalue weighted by atomic mass is 10.2. The third kappa shape index (κ3) is 2.17. The van der Waals surface area contributed by atoms with E-state index in [1.807, 2.05) is 6.08 Å². The van der Waals surface area contributed by atoms with Gasteiger partial charge < -0.3 is 15.2 Å². The van der Waals surface area contributed by atoms with E-state index in [2.05, 4.69) is 5.32 Å². The summed E-state index contributed by atoms with van der Waals surface area (Å²) in [6.45, 7) is 0.555. The highest BCUT2D eigenvalue weighted by molar-refractivity contribution is 5.75. The van der Waals surface area contributed by atoms with E-state index in [-0.39, 0.29) is 19.1 Å². The number of nitrogens with zero attached hydrogens (tertiary/aromatic N) is 1. The van der Waals surface area contributed by atoms with E-state index in [1.165, 1.54) is 4.90 Å². The Morgan fingerprint density at radius 3 is 3.12 bits per heavy atom. The van der Waals surface area contributed by atoms with Crippen LogP contribution in [0.5, 0.6) is 0 Å². The number of carbonyl (C=O) groups excluding carboxylic acids is 1. The molecule has 2 N–H and O–H groups in total. The van der Waals surface area contributed by atoms with Gasteiger partial charge in [-0.3, -0.25) is 4.90 Å². The van der Waals surface area contributed by atoms with Gasteiger partial charge in [-0.2, -0.15) is 0 Å². The molecule has 16 heavy (non-hydrogen) atoms. The van der Waals surface area contributed by atoms with E-state index in [0.717, 1.165) is 0 Å². The highest BCUT2D eigenvalue weighted by atomic mass is 19.1. The number of alkyl halides is 1. The molecule has 2 amide bonds. The van der Waals surface area contributed by atoms with Gasteiger partial charge in [0, 0.05) is 19.5 Å². The molecule has 2 aliphatic heterocycles. The molecule has 1 fully saturated rings. The summed E-state index contributed by atoms with van der Waals surface area (Å²) in [7, 11) is 0. The number of urea groups is 1. The van der Waals surface area contributed by atoms with Gasteiger partial charge in [0.05, 0.1) is 12.7 Å². The highest BCUT2D eigenvalue weighted by Gasteiger charge is 2.40. The number of ether oxygens (including phenoxy) is 1. The Balaban J connectivity index is 2.05. The predicted octanol–water partition coefficient (Wildman–Crippen LogP) is 0.0132. The molecule has 0 aromatic carbocycles. The van der Waals surface area contributed by atoms with Crippen molar-refractivity contribution in [2.75, 3.05) is 19.7 Å². The fraction of sp³-hybridized carbons (Fsp3) is 0.700. The average Bonchev–Trinajstić information content (AvgIpc) is 2.51. The third-order valence-electron chi connectivity index (χ3n) is 2.74. The standard InChI is InChI=1S/C10H15FN2O3/c11-8-5-7(6-14)16-9(8)13-4-2-1-3-12-10(13)15/h1-2,7-9,14H,3-6H2,(H,12,15)/t7-,8-,9+/m0/s1. The highest BCUT2D eigenvalue weighted by Crippen LogP contribution is 2.26. The topological polar surface area (TPSA) is 61.8 Å². The SMILES string of the molecule is O=C1NCC=CCN1[C@@H]1O[C@H](CO)C[C@@H]1F. The lowest BCUT2D eigenvalue weighted by Gasteiger charge is -2.27. The molecule has 0 aliphatic carbocycles. The van der Waals surface area contributed by atoms with E-state index in [1.54, 1.807) is 6.08 Å². The summed E-state index contributed by atoms with van der Waals surface area (Å²) in [5.41, 5.74) is 0. The Hall–Kier alpha value is -1.14. The van der Waals surface area contributed by atoms with Crippen LogP contribution in [0.1, 0.15) is 6.42 Å². The molecule has 6 heteroatoms. The molecular weight excluding hydrogens is 215 g/mol. The van der Waals surface area contributed by atoms with Gasteiger partial charge in [-0.15, -0.1) is 0 Å². The number of aliphatic hydroxyl groups excluding tert-OH is 1. The Morgan fingerprint density at radius 2 is 2.44 bits per heavy atom. The largest absolute Gasteiger partial charge is 0.394 e. The number of carbonyl (C=O) groups is 1. The molecular formula is C10H15FN2O3. The van der Waals surface area contributed by atoms with Gasteiger partial charge in [-0.25, -0.2) is 9.18 Å². The summed E-state index contributed by atoms with van der Waals surface area (Å²) >= 11 is 0. The van der Waals surface area contributed by atoms with Crippen molar-refractivity contribution in [1.29, 1.82) is 0 Å². The monoisotopic (exact) mass is 230 g/mol. The van der Waals surface area contributed by atoms with Crippen LogP contribution in [0.15, 0.2) is 12.2 Å². The second kappa shape index (κ2) is 4.80. The number of aliphatic hydroxyl groups is 1. The molecule has 0 aromatic rings. The minimum Gasteiger partial charge on any atom is -0.394 e. The van der Waals surface area contributed by atoms with Crippen LogP contribution in [0.2, 0.25) is 0 Å². The molecule has 2 aliphatic rings. The summed E-state index contributed by atoms with van der Waals surface area (Å²) in [6, 6.07) is -0.337. The fourth-order valence-corrected chi connectivity index (χ4v) is 1.91. The maximum atomic E-state index is 13.6. The van der Waals surface area contributed by atoms with Crippen LogP contribution >= 0.6 is 0 Å². The van der Waals surface area contributed by atoms with Gasteiger partial charge in [0.2, 0.25) is 0 Å². The van der Waals surface area contributed by atoms with Crippen LogP contribution in [0.4, 0.5) is 9.18 Å². The summed E-state index contributed by atoms with van der Waals surface area (Å²) in [5, 5.41) is 11.5. The van der Waals surface area contributed by atoms with Crippen molar-refractivity contribution in [3.05, 3.63) is 12.2 Å². The normalized spacial score (nSPS) is 35.0. The number of nitrogens with one attached hydrogen (secondary N) is 1. The first-order chi connectivity index (χ1) is 7.72. The minimum absolute atomic E-state index is 0.134. The van der Waals surface area contributed by atoms with E-state index in [4.69, 9.17) is 9.84 Å². The first kappa shape index (κ1) is 11.3. The number of hydrogen-bond acceptors (Lipinski definition) is 3. The fourth-order valence-electron chi connectivity index (χ4n) is 1.91. The van der Waals surface area contributed by atoms with Crippen LogP contribution in [-0.4, -0.2) is 54.2 Å². The van der Waals surface area contributed by atoms with E-state index >= 15 is 0 Å². The van der Waals surface area contributed by atoms with Crippen molar-refractivity contribution in [1.82, 2.24) is 10.2 Å². The second-order valence-corrected chi connectivity index (χ2v) is 3.89. The number of hydrogen-bond donors (Lipinski definition) is 2. The summed E-state index contributed by atoms with van der Waals surface area (Å²) in [5.74, 6) is 0. The quantitative estimate of drug-likeness (QED) is 0.657. The lowest BCUT2D eigenvalue weighted by molar-refractivity contribution is -0.0620. The maximum Gasteiger partial charge on any atom is 0.320 e. The van der Waals surface area contributed by atoms with Crippen LogP contribution in [0.3, 0.4) is 0 Å². The second-order valence-electron chi connectivity index (χ2n) is 3.89. The smallest absolute Gasteiger partial charge is 0.320 e. The van der Waals surface area contributed by atoms with E-state index < -0.39 is 18.5 Å². The molecule has 3 atom stereocenters. The maximum absolute atomic E-state index is 13.6. The molecule has 90 valence electrons. The number of amides is 2. The summed E-state index contributed by atoms with van der Waals surface area (Å²) in [6.07, 6.45) is 1.09. The molecule has 1 saturated heterocycles. The first-order valence-electron chi connectivity index (χ1n) is 5.32. The zero-order chi connectivity index (χ0) is 11.5. The van der Waals surface area contributed by atoms with E-state index in [9.17, 15) is 9.18 Å². The third-order valence-corrected chi connectivity index (χ3v) is 2.74. The van der Waals surface area contributed by atoms with Crippen molar-refractivity contribution < 1.29 is 19.0 Å². The van der Waals surface area contributed by atoms with E-state index in [0.29, 0.717) is 13.1 Å². The van der Waals surface area contributed by atoms with Crippen LogP contribution < -0.4 is 5.32 Å². The number of halogens is 1. The van der Waals surface area contributed by atoms with Crippen LogP contribution in [0.25, 0.3) is 0 Å². The molecule has 0 unspecified atom stereocenters.